The number of nitrogens with one attached hydrogen (secondary N) is 1. The number of hydrogen-bond donors (Lipinski definition) is 1. The second kappa shape index (κ2) is 15.1. The highest BCUT2D eigenvalue weighted by molar-refractivity contribution is 6.30. The Morgan fingerprint density at radius 3 is 1.82 bits per heavy atom. The molecular weight excluding hydrogens is 547 g/mol. The van der Waals surface area contributed by atoms with Crippen LogP contribution in [0, 0.1) is 11.8 Å². The van der Waals surface area contributed by atoms with Gasteiger partial charge in [0.05, 0.1) is 0 Å². The summed E-state index contributed by atoms with van der Waals surface area (Å²) in [5.41, 5.74) is -0.461. The second-order valence-corrected chi connectivity index (χ2v) is 11.8. The molecule has 0 radical (unpaired) electrons. The average molecular weight is 588 g/mol. The first-order valence-corrected chi connectivity index (χ1v) is 13.8. The Bertz CT molecular complexity index is 983. The molecule has 2 heterocycles. The first kappa shape index (κ1) is 32.4. The number of amides is 1. The Balaban J connectivity index is 0.000000277. The van der Waals surface area contributed by atoms with Crippen LogP contribution < -0.4 is 14.8 Å². The fourth-order valence-corrected chi connectivity index (χ4v) is 4.58. The maximum absolute atomic E-state index is 12.1. The zero-order chi connectivity index (χ0) is 27.0. The van der Waals surface area contributed by atoms with Crippen molar-refractivity contribution in [3.63, 3.8) is 0 Å². The average Bonchev–Trinajstić information content (AvgIpc) is 2.84. The summed E-state index contributed by atoms with van der Waals surface area (Å²) in [6, 6.07) is 15.0. The number of ether oxygens (including phenoxy) is 3. The molecule has 4 atom stereocenters. The number of hydrogen-bond acceptors (Lipinski definition) is 5. The third kappa shape index (κ3) is 10.7. The van der Waals surface area contributed by atoms with Gasteiger partial charge in [-0.15, -0.1) is 12.4 Å². The first-order chi connectivity index (χ1) is 17.5. The molecule has 0 aromatic heterocycles. The number of benzene rings is 2. The van der Waals surface area contributed by atoms with Crippen LogP contribution in [-0.4, -0.2) is 55.0 Å². The molecule has 2 aromatic carbocycles. The molecule has 6 nitrogen and oxygen atoms in total. The molecule has 0 aliphatic carbocycles. The molecule has 1 N–H and O–H groups in total. The maximum atomic E-state index is 12.1. The number of halogens is 3. The van der Waals surface area contributed by atoms with Crippen molar-refractivity contribution in [2.75, 3.05) is 26.2 Å². The van der Waals surface area contributed by atoms with Gasteiger partial charge in [-0.1, -0.05) is 37.0 Å². The minimum absolute atomic E-state index is 0. The van der Waals surface area contributed by atoms with E-state index in [2.05, 4.69) is 19.2 Å². The Labute approximate surface area is 243 Å². The van der Waals surface area contributed by atoms with Crippen molar-refractivity contribution < 1.29 is 19.0 Å². The number of piperidine rings is 2. The highest BCUT2D eigenvalue weighted by Crippen LogP contribution is 2.25. The third-order valence-electron chi connectivity index (χ3n) is 6.39. The summed E-state index contributed by atoms with van der Waals surface area (Å²) in [7, 11) is 0. The van der Waals surface area contributed by atoms with Crippen LogP contribution in [0.4, 0.5) is 4.79 Å². The van der Waals surface area contributed by atoms with E-state index in [0.29, 0.717) is 30.1 Å². The van der Waals surface area contributed by atoms with Crippen LogP contribution in [0.25, 0.3) is 0 Å². The van der Waals surface area contributed by atoms with E-state index in [9.17, 15) is 4.79 Å². The highest BCUT2D eigenvalue weighted by atomic mass is 35.5. The summed E-state index contributed by atoms with van der Waals surface area (Å²) in [4.78, 5) is 13.9. The van der Waals surface area contributed by atoms with E-state index in [1.165, 1.54) is 0 Å². The quantitative estimate of drug-likeness (QED) is 0.401. The molecule has 2 aromatic rings. The van der Waals surface area contributed by atoms with Crippen LogP contribution in [0.3, 0.4) is 0 Å². The zero-order valence-electron chi connectivity index (χ0n) is 22.9. The summed E-state index contributed by atoms with van der Waals surface area (Å²) in [5, 5.41) is 4.80. The van der Waals surface area contributed by atoms with Gasteiger partial charge in [-0.25, -0.2) is 4.79 Å². The van der Waals surface area contributed by atoms with E-state index < -0.39 is 5.60 Å². The summed E-state index contributed by atoms with van der Waals surface area (Å²) >= 11 is 11.7. The molecule has 4 unspecified atom stereocenters. The van der Waals surface area contributed by atoms with Crippen LogP contribution >= 0.6 is 35.6 Å². The Kier molecular flexibility index (Phi) is 12.8. The normalized spacial score (nSPS) is 23.3. The van der Waals surface area contributed by atoms with Crippen LogP contribution in [0.15, 0.2) is 48.5 Å². The molecule has 2 saturated heterocycles. The zero-order valence-corrected chi connectivity index (χ0v) is 25.2. The molecule has 212 valence electrons. The van der Waals surface area contributed by atoms with Crippen LogP contribution in [0.1, 0.15) is 47.5 Å². The SMILES string of the molecule is CC1CN(C(=O)OC(C)(C)C)CCC1Oc1ccc(Cl)cc1.CC1CNCCC1Oc1ccc(Cl)cc1.Cl. The van der Waals surface area contributed by atoms with E-state index in [1.54, 1.807) is 4.90 Å². The molecule has 0 bridgehead atoms. The predicted octanol–water partition coefficient (Wildman–Crippen LogP) is 7.50. The van der Waals surface area contributed by atoms with Gasteiger partial charge in [0.1, 0.15) is 29.3 Å². The van der Waals surface area contributed by atoms with Crippen molar-refractivity contribution in [3.05, 3.63) is 58.6 Å². The lowest BCUT2D eigenvalue weighted by Gasteiger charge is -2.37. The van der Waals surface area contributed by atoms with Gasteiger partial charge in [-0.05, 0) is 82.3 Å². The summed E-state index contributed by atoms with van der Waals surface area (Å²) in [6.45, 7) is 13.3. The molecule has 0 spiro atoms. The predicted molar refractivity (Wildman–Crippen MR) is 157 cm³/mol. The fraction of sp³-hybridized carbons (Fsp3) is 0.552. The number of carbonyl (C=O) groups is 1. The van der Waals surface area contributed by atoms with Gasteiger partial charge in [0.25, 0.3) is 0 Å². The summed E-state index contributed by atoms with van der Waals surface area (Å²) in [6.07, 6.45) is 2.05. The van der Waals surface area contributed by atoms with Gasteiger partial charge in [0.2, 0.25) is 0 Å². The van der Waals surface area contributed by atoms with Crippen molar-refractivity contribution in [2.24, 2.45) is 11.8 Å². The largest absolute Gasteiger partial charge is 0.490 e. The Morgan fingerprint density at radius 2 is 1.37 bits per heavy atom. The molecule has 2 fully saturated rings. The van der Waals surface area contributed by atoms with Crippen molar-refractivity contribution in [1.82, 2.24) is 10.2 Å². The van der Waals surface area contributed by atoms with E-state index in [1.807, 2.05) is 69.3 Å². The monoisotopic (exact) mass is 586 g/mol. The first-order valence-electron chi connectivity index (χ1n) is 13.0. The van der Waals surface area contributed by atoms with Crippen molar-refractivity contribution in [1.29, 1.82) is 0 Å². The van der Waals surface area contributed by atoms with Gasteiger partial charge in [-0.2, -0.15) is 0 Å². The molecule has 0 saturated carbocycles. The van der Waals surface area contributed by atoms with Crippen molar-refractivity contribution >= 4 is 41.7 Å². The Hall–Kier alpha value is -1.86. The Morgan fingerprint density at radius 1 is 0.868 bits per heavy atom. The number of likely N-dealkylation sites (tertiary alicyclic amines) is 1. The van der Waals surface area contributed by atoms with Gasteiger partial charge in [0, 0.05) is 47.9 Å². The van der Waals surface area contributed by atoms with E-state index >= 15 is 0 Å². The van der Waals surface area contributed by atoms with Crippen molar-refractivity contribution in [3.8, 4) is 11.5 Å². The summed E-state index contributed by atoms with van der Waals surface area (Å²) < 4.78 is 17.4. The minimum atomic E-state index is -0.461. The molecule has 9 heteroatoms. The van der Waals surface area contributed by atoms with E-state index in [4.69, 9.17) is 37.4 Å². The smallest absolute Gasteiger partial charge is 0.410 e. The number of carbonyl (C=O) groups excluding carboxylic acids is 1. The van der Waals surface area contributed by atoms with Gasteiger partial charge >= 0.3 is 6.09 Å². The van der Waals surface area contributed by atoms with E-state index in [0.717, 1.165) is 42.5 Å². The number of rotatable bonds is 4. The minimum Gasteiger partial charge on any atom is -0.490 e. The lowest BCUT2D eigenvalue weighted by molar-refractivity contribution is 0.000363. The molecule has 2 aliphatic heterocycles. The van der Waals surface area contributed by atoms with Crippen LogP contribution in [-0.2, 0) is 4.74 Å². The highest BCUT2D eigenvalue weighted by Gasteiger charge is 2.32. The van der Waals surface area contributed by atoms with Crippen LogP contribution in [0.5, 0.6) is 11.5 Å². The van der Waals surface area contributed by atoms with E-state index in [-0.39, 0.29) is 30.5 Å². The van der Waals surface area contributed by atoms with Gasteiger partial charge < -0.3 is 24.4 Å². The van der Waals surface area contributed by atoms with Gasteiger partial charge in [-0.3, -0.25) is 0 Å². The molecule has 38 heavy (non-hydrogen) atoms. The van der Waals surface area contributed by atoms with Crippen LogP contribution in [0.2, 0.25) is 10.0 Å². The maximum Gasteiger partial charge on any atom is 0.410 e. The molecule has 4 rings (SSSR count). The standard InChI is InChI=1S/C17H24ClNO3.C12H16ClNO.ClH/c1-12-11-19(16(20)22-17(2,3)4)10-9-15(12)21-14-7-5-13(18)6-8-14;1-9-8-14-7-6-12(9)15-11-4-2-10(13)3-5-11;/h5-8,12,15H,9-11H2,1-4H3;2-5,9,12,14H,6-8H2,1H3;1H. The van der Waals surface area contributed by atoms with Crippen molar-refractivity contribution in [2.45, 2.75) is 65.3 Å². The third-order valence-corrected chi connectivity index (χ3v) is 6.89. The van der Waals surface area contributed by atoms with Gasteiger partial charge in [0.15, 0.2) is 0 Å². The lowest BCUT2D eigenvalue weighted by Crippen LogP contribution is -2.48. The summed E-state index contributed by atoms with van der Waals surface area (Å²) in [5.74, 6) is 2.54. The fourth-order valence-electron chi connectivity index (χ4n) is 4.33. The molecule has 1 amide bonds. The number of nitrogens with zero attached hydrogens (tertiary/aromatic N) is 1. The molecular formula is C29H41Cl3N2O4. The lowest BCUT2D eigenvalue weighted by atomic mass is 9.96. The second-order valence-electron chi connectivity index (χ2n) is 10.9. The topological polar surface area (TPSA) is 60.0 Å². The molecule has 2 aliphatic rings.